The number of benzene rings is 1. The SMILES string of the molecule is Cn1cncc1[C@H]1C[C@H](NC2CCC(C)(c3ccccc3)CC2)CCO1. The Balaban J connectivity index is 1.32. The normalized spacial score (nSPS) is 32.5. The van der Waals surface area contributed by atoms with Gasteiger partial charge in [0, 0.05) is 25.7 Å². The van der Waals surface area contributed by atoms with Gasteiger partial charge in [-0.05, 0) is 49.5 Å². The van der Waals surface area contributed by atoms with E-state index in [0.29, 0.717) is 17.5 Å². The molecule has 0 amide bonds. The van der Waals surface area contributed by atoms with E-state index in [4.69, 9.17) is 4.74 Å². The van der Waals surface area contributed by atoms with Crippen LogP contribution in [0.2, 0.25) is 0 Å². The van der Waals surface area contributed by atoms with Gasteiger partial charge >= 0.3 is 0 Å². The van der Waals surface area contributed by atoms with Gasteiger partial charge in [-0.3, -0.25) is 0 Å². The molecule has 1 aromatic heterocycles. The minimum absolute atomic E-state index is 0.173. The highest BCUT2D eigenvalue weighted by Crippen LogP contribution is 2.39. The van der Waals surface area contributed by atoms with E-state index >= 15 is 0 Å². The van der Waals surface area contributed by atoms with E-state index in [-0.39, 0.29) is 6.10 Å². The van der Waals surface area contributed by atoms with Crippen LogP contribution < -0.4 is 5.32 Å². The second-order valence-electron chi connectivity index (χ2n) is 8.38. The maximum absolute atomic E-state index is 6.01. The predicted molar refractivity (Wildman–Crippen MR) is 104 cm³/mol. The Kier molecular flexibility index (Phi) is 5.14. The Bertz CT molecular complexity index is 703. The minimum Gasteiger partial charge on any atom is -0.372 e. The zero-order valence-electron chi connectivity index (χ0n) is 16.0. The number of nitrogens with zero attached hydrogens (tertiary/aromatic N) is 2. The quantitative estimate of drug-likeness (QED) is 0.898. The molecule has 1 aromatic carbocycles. The molecular weight excluding hydrogens is 322 g/mol. The standard InChI is InChI=1S/C22H31N3O/c1-22(17-6-4-3-5-7-17)11-8-18(9-12-22)24-19-10-13-26-21(14-19)20-15-23-16-25(20)2/h3-7,15-16,18-19,21,24H,8-14H2,1-2H3/t18?,19-,21-,22?/m1/s1. The van der Waals surface area contributed by atoms with Crippen LogP contribution in [0.25, 0.3) is 0 Å². The van der Waals surface area contributed by atoms with Crippen molar-refractivity contribution in [3.8, 4) is 0 Å². The summed E-state index contributed by atoms with van der Waals surface area (Å²) in [5.41, 5.74) is 3.03. The van der Waals surface area contributed by atoms with Crippen molar-refractivity contribution < 1.29 is 4.74 Å². The highest BCUT2D eigenvalue weighted by Gasteiger charge is 2.34. The molecule has 2 heterocycles. The number of aryl methyl sites for hydroxylation is 1. The molecule has 4 rings (SSSR count). The molecule has 2 aromatic rings. The third kappa shape index (κ3) is 3.72. The maximum Gasteiger partial charge on any atom is 0.100 e. The second kappa shape index (κ2) is 7.53. The first kappa shape index (κ1) is 17.7. The predicted octanol–water partition coefficient (Wildman–Crippen LogP) is 4.13. The van der Waals surface area contributed by atoms with Crippen LogP contribution in [0.15, 0.2) is 42.9 Å². The number of hydrogen-bond donors (Lipinski definition) is 1. The van der Waals surface area contributed by atoms with E-state index in [1.165, 1.54) is 36.9 Å². The molecule has 1 aliphatic carbocycles. The third-order valence-electron chi connectivity index (χ3n) is 6.50. The lowest BCUT2D eigenvalue weighted by Crippen LogP contribution is -2.45. The van der Waals surface area contributed by atoms with Crippen LogP contribution >= 0.6 is 0 Å². The van der Waals surface area contributed by atoms with Gasteiger partial charge in [-0.25, -0.2) is 4.98 Å². The Morgan fingerprint density at radius 1 is 1.12 bits per heavy atom. The summed E-state index contributed by atoms with van der Waals surface area (Å²) < 4.78 is 8.09. The molecule has 1 N–H and O–H groups in total. The zero-order valence-corrected chi connectivity index (χ0v) is 16.0. The molecule has 0 spiro atoms. The van der Waals surface area contributed by atoms with Gasteiger partial charge in [-0.1, -0.05) is 37.3 Å². The molecule has 2 aliphatic rings. The first-order chi connectivity index (χ1) is 12.6. The van der Waals surface area contributed by atoms with Crippen molar-refractivity contribution in [2.45, 2.75) is 69.1 Å². The average molecular weight is 354 g/mol. The Morgan fingerprint density at radius 3 is 2.58 bits per heavy atom. The van der Waals surface area contributed by atoms with Crippen LogP contribution in [-0.4, -0.2) is 28.2 Å². The minimum atomic E-state index is 0.173. The number of aromatic nitrogens is 2. The number of hydrogen-bond acceptors (Lipinski definition) is 3. The molecule has 1 aliphatic heterocycles. The van der Waals surface area contributed by atoms with Crippen LogP contribution in [-0.2, 0) is 17.2 Å². The van der Waals surface area contributed by atoms with E-state index in [2.05, 4.69) is 52.1 Å². The first-order valence-corrected chi connectivity index (χ1v) is 10.0. The summed E-state index contributed by atoms with van der Waals surface area (Å²) >= 11 is 0. The summed E-state index contributed by atoms with van der Waals surface area (Å²) in [6, 6.07) is 12.2. The van der Waals surface area contributed by atoms with Crippen molar-refractivity contribution in [3.63, 3.8) is 0 Å². The summed E-state index contributed by atoms with van der Waals surface area (Å²) in [6.45, 7) is 3.27. The van der Waals surface area contributed by atoms with E-state index in [0.717, 1.165) is 19.4 Å². The fraction of sp³-hybridized carbons (Fsp3) is 0.591. The molecule has 26 heavy (non-hydrogen) atoms. The van der Waals surface area contributed by atoms with Gasteiger partial charge in [-0.2, -0.15) is 0 Å². The fourth-order valence-electron chi connectivity index (χ4n) is 4.72. The van der Waals surface area contributed by atoms with Gasteiger partial charge in [0.05, 0.1) is 18.2 Å². The van der Waals surface area contributed by atoms with Gasteiger partial charge in [-0.15, -0.1) is 0 Å². The van der Waals surface area contributed by atoms with Gasteiger partial charge in [0.25, 0.3) is 0 Å². The number of imidazole rings is 1. The van der Waals surface area contributed by atoms with Crippen LogP contribution in [0, 0.1) is 0 Å². The van der Waals surface area contributed by atoms with Gasteiger partial charge in [0.1, 0.15) is 6.10 Å². The Hall–Kier alpha value is -1.65. The lowest BCUT2D eigenvalue weighted by atomic mass is 9.69. The van der Waals surface area contributed by atoms with Crippen LogP contribution in [0.3, 0.4) is 0 Å². The molecule has 2 atom stereocenters. The van der Waals surface area contributed by atoms with Crippen LogP contribution in [0.1, 0.15) is 62.8 Å². The van der Waals surface area contributed by atoms with Crippen molar-refractivity contribution in [2.24, 2.45) is 7.05 Å². The second-order valence-corrected chi connectivity index (χ2v) is 8.38. The number of rotatable bonds is 4. The van der Waals surface area contributed by atoms with Crippen molar-refractivity contribution >= 4 is 0 Å². The lowest BCUT2D eigenvalue weighted by molar-refractivity contribution is -0.00690. The molecule has 140 valence electrons. The number of nitrogens with one attached hydrogen (secondary N) is 1. The van der Waals surface area contributed by atoms with Crippen molar-refractivity contribution in [1.29, 1.82) is 0 Å². The molecular formula is C22H31N3O. The first-order valence-electron chi connectivity index (χ1n) is 10.0. The largest absolute Gasteiger partial charge is 0.372 e. The molecule has 1 saturated heterocycles. The molecule has 0 unspecified atom stereocenters. The summed E-state index contributed by atoms with van der Waals surface area (Å²) in [4.78, 5) is 4.24. The lowest BCUT2D eigenvalue weighted by Gasteiger charge is -2.40. The summed E-state index contributed by atoms with van der Waals surface area (Å²) in [6.07, 6.45) is 11.2. The molecule has 1 saturated carbocycles. The maximum atomic E-state index is 6.01. The van der Waals surface area contributed by atoms with Crippen molar-refractivity contribution in [2.75, 3.05) is 6.61 Å². The molecule has 0 radical (unpaired) electrons. The van der Waals surface area contributed by atoms with E-state index < -0.39 is 0 Å². The van der Waals surface area contributed by atoms with Gasteiger partial charge < -0.3 is 14.6 Å². The average Bonchev–Trinajstić information content (AvgIpc) is 3.11. The summed E-state index contributed by atoms with van der Waals surface area (Å²) in [5, 5.41) is 3.95. The fourth-order valence-corrected chi connectivity index (χ4v) is 4.72. The van der Waals surface area contributed by atoms with E-state index in [1.807, 2.05) is 19.6 Å². The highest BCUT2D eigenvalue weighted by molar-refractivity contribution is 5.25. The third-order valence-corrected chi connectivity index (χ3v) is 6.50. The van der Waals surface area contributed by atoms with Crippen LogP contribution in [0.5, 0.6) is 0 Å². The summed E-state index contributed by atoms with van der Waals surface area (Å²) in [5.74, 6) is 0. The molecule has 0 bridgehead atoms. The van der Waals surface area contributed by atoms with E-state index in [9.17, 15) is 0 Å². The molecule has 4 heteroatoms. The Labute approximate surface area is 157 Å². The zero-order chi connectivity index (χ0) is 18.0. The number of ether oxygens (including phenoxy) is 1. The van der Waals surface area contributed by atoms with Crippen LogP contribution in [0.4, 0.5) is 0 Å². The topological polar surface area (TPSA) is 39.1 Å². The van der Waals surface area contributed by atoms with Crippen molar-refractivity contribution in [3.05, 3.63) is 54.1 Å². The van der Waals surface area contributed by atoms with E-state index in [1.54, 1.807) is 0 Å². The smallest absolute Gasteiger partial charge is 0.100 e. The Morgan fingerprint density at radius 2 is 1.88 bits per heavy atom. The molecule has 2 fully saturated rings. The molecule has 4 nitrogen and oxygen atoms in total. The van der Waals surface area contributed by atoms with Gasteiger partial charge in [0.15, 0.2) is 0 Å². The van der Waals surface area contributed by atoms with Gasteiger partial charge in [0.2, 0.25) is 0 Å². The van der Waals surface area contributed by atoms with Crippen molar-refractivity contribution in [1.82, 2.24) is 14.9 Å². The monoisotopic (exact) mass is 353 g/mol. The highest BCUT2D eigenvalue weighted by atomic mass is 16.5. The summed E-state index contributed by atoms with van der Waals surface area (Å²) in [7, 11) is 2.05.